The van der Waals surface area contributed by atoms with E-state index in [1.807, 2.05) is 31.2 Å². The zero-order valence-corrected chi connectivity index (χ0v) is 17.0. The average Bonchev–Trinajstić information content (AvgIpc) is 2.61. The Bertz CT molecular complexity index is 594. The molecule has 26 heavy (non-hydrogen) atoms. The molecule has 0 saturated heterocycles. The Morgan fingerprint density at radius 2 is 1.96 bits per heavy atom. The van der Waals surface area contributed by atoms with Gasteiger partial charge in [0.1, 0.15) is 0 Å². The van der Waals surface area contributed by atoms with Crippen LogP contribution in [-0.4, -0.2) is 45.2 Å². The van der Waals surface area contributed by atoms with Gasteiger partial charge in [0.2, 0.25) is 0 Å². The third-order valence-corrected chi connectivity index (χ3v) is 4.11. The first kappa shape index (κ1) is 22.0. The number of nitrogens with zero attached hydrogens (tertiary/aromatic N) is 1. The first-order chi connectivity index (χ1) is 12.3. The summed E-state index contributed by atoms with van der Waals surface area (Å²) in [5, 5.41) is 9.47. The number of rotatable bonds is 8. The normalized spacial score (nSPS) is 13.2. The Hall–Kier alpha value is -2.08. The van der Waals surface area contributed by atoms with Gasteiger partial charge in [-0.3, -0.25) is 9.79 Å². The minimum absolute atomic E-state index is 0.0377. The summed E-state index contributed by atoms with van der Waals surface area (Å²) in [6.45, 7) is 10.4. The topological polar surface area (TPSA) is 74.8 Å². The fraction of sp³-hybridized carbons (Fsp3) is 0.600. The minimum atomic E-state index is -0.0377. The Labute approximate surface area is 157 Å². The van der Waals surface area contributed by atoms with E-state index in [9.17, 15) is 4.79 Å². The van der Waals surface area contributed by atoms with Crippen molar-refractivity contribution in [3.63, 3.8) is 0 Å². The summed E-state index contributed by atoms with van der Waals surface area (Å²) in [6, 6.07) is 7.62. The summed E-state index contributed by atoms with van der Waals surface area (Å²) in [6.07, 6.45) is 0.998. The van der Waals surface area contributed by atoms with Crippen LogP contribution < -0.4 is 16.0 Å². The third kappa shape index (κ3) is 7.44. The monoisotopic (exact) mass is 362 g/mol. The lowest BCUT2D eigenvalue weighted by atomic mass is 9.89. The van der Waals surface area contributed by atoms with Gasteiger partial charge in [-0.1, -0.05) is 39.8 Å². The largest absolute Gasteiger partial charge is 0.379 e. The molecule has 6 heteroatoms. The Morgan fingerprint density at radius 3 is 2.54 bits per heavy atom. The van der Waals surface area contributed by atoms with Gasteiger partial charge in [-0.15, -0.1) is 0 Å². The third-order valence-electron chi connectivity index (χ3n) is 4.11. The molecule has 0 aromatic heterocycles. The summed E-state index contributed by atoms with van der Waals surface area (Å²) in [7, 11) is 3.46. The first-order valence-corrected chi connectivity index (χ1v) is 9.16. The summed E-state index contributed by atoms with van der Waals surface area (Å²) in [5.41, 5.74) is 1.74. The number of carbonyl (C=O) groups is 1. The zero-order chi connectivity index (χ0) is 19.6. The van der Waals surface area contributed by atoms with Crippen molar-refractivity contribution in [2.75, 3.05) is 27.2 Å². The SMILES string of the molecule is CCCNC(=O)c1cccc(CNC(=NC)NCC(OC)C(C)(C)C)c1. The standard InChI is InChI=1S/C20H34N4O2/c1-7-11-22-18(25)16-10-8-9-15(12-16)13-23-19(21-5)24-14-17(26-6)20(2,3)4/h8-10,12,17H,7,11,13-14H2,1-6H3,(H,22,25)(H2,21,23,24). The summed E-state index contributed by atoms with van der Waals surface area (Å²) in [4.78, 5) is 16.3. The van der Waals surface area contributed by atoms with Crippen LogP contribution in [0.4, 0.5) is 0 Å². The fourth-order valence-corrected chi connectivity index (χ4v) is 2.50. The highest BCUT2D eigenvalue weighted by atomic mass is 16.5. The van der Waals surface area contributed by atoms with Crippen molar-refractivity contribution in [2.24, 2.45) is 10.4 Å². The molecule has 146 valence electrons. The molecule has 6 nitrogen and oxygen atoms in total. The summed E-state index contributed by atoms with van der Waals surface area (Å²) < 4.78 is 5.56. The second-order valence-corrected chi connectivity index (χ2v) is 7.35. The van der Waals surface area contributed by atoms with Crippen LogP contribution in [0, 0.1) is 5.41 Å². The molecule has 0 fully saturated rings. The molecule has 0 aliphatic rings. The van der Waals surface area contributed by atoms with Crippen LogP contribution >= 0.6 is 0 Å². The van der Waals surface area contributed by atoms with E-state index in [2.05, 4.69) is 41.7 Å². The van der Waals surface area contributed by atoms with E-state index >= 15 is 0 Å². The van der Waals surface area contributed by atoms with E-state index in [4.69, 9.17) is 4.74 Å². The van der Waals surface area contributed by atoms with E-state index < -0.39 is 0 Å². The molecule has 1 unspecified atom stereocenters. The van der Waals surface area contributed by atoms with Crippen molar-refractivity contribution in [1.29, 1.82) is 0 Å². The van der Waals surface area contributed by atoms with Gasteiger partial charge in [-0.05, 0) is 29.5 Å². The Morgan fingerprint density at radius 1 is 1.23 bits per heavy atom. The molecule has 0 saturated carbocycles. The van der Waals surface area contributed by atoms with Crippen molar-refractivity contribution >= 4 is 11.9 Å². The van der Waals surface area contributed by atoms with Gasteiger partial charge in [-0.2, -0.15) is 0 Å². The van der Waals surface area contributed by atoms with Crippen molar-refractivity contribution < 1.29 is 9.53 Å². The predicted molar refractivity (Wildman–Crippen MR) is 108 cm³/mol. The molecule has 0 aliphatic carbocycles. The highest BCUT2D eigenvalue weighted by Crippen LogP contribution is 2.20. The molecule has 0 spiro atoms. The number of nitrogens with one attached hydrogen (secondary N) is 3. The van der Waals surface area contributed by atoms with Gasteiger partial charge < -0.3 is 20.7 Å². The molecule has 0 aliphatic heterocycles. The van der Waals surface area contributed by atoms with E-state index in [0.717, 1.165) is 12.0 Å². The van der Waals surface area contributed by atoms with Crippen LogP contribution in [0.15, 0.2) is 29.3 Å². The molecule has 1 atom stereocenters. The van der Waals surface area contributed by atoms with Crippen LogP contribution in [0.3, 0.4) is 0 Å². The number of amides is 1. The number of ether oxygens (including phenoxy) is 1. The lowest BCUT2D eigenvalue weighted by Crippen LogP contribution is -2.45. The molecule has 1 rings (SSSR count). The van der Waals surface area contributed by atoms with Gasteiger partial charge in [-0.25, -0.2) is 0 Å². The molecule has 1 aromatic carbocycles. The van der Waals surface area contributed by atoms with Gasteiger partial charge in [0.25, 0.3) is 5.91 Å². The van der Waals surface area contributed by atoms with E-state index in [1.165, 1.54) is 0 Å². The molecule has 0 heterocycles. The number of carbonyl (C=O) groups excluding carboxylic acids is 1. The smallest absolute Gasteiger partial charge is 0.251 e. The lowest BCUT2D eigenvalue weighted by Gasteiger charge is -2.30. The van der Waals surface area contributed by atoms with Crippen molar-refractivity contribution in [2.45, 2.75) is 46.8 Å². The number of aliphatic imine (C=N–C) groups is 1. The van der Waals surface area contributed by atoms with Crippen LogP contribution in [-0.2, 0) is 11.3 Å². The number of benzene rings is 1. The molecule has 3 N–H and O–H groups in total. The quantitative estimate of drug-likeness (QED) is 0.491. The molecular formula is C20H34N4O2. The van der Waals surface area contributed by atoms with Crippen LogP contribution in [0.5, 0.6) is 0 Å². The zero-order valence-electron chi connectivity index (χ0n) is 17.0. The van der Waals surface area contributed by atoms with E-state index in [-0.39, 0.29) is 17.4 Å². The summed E-state index contributed by atoms with van der Waals surface area (Å²) >= 11 is 0. The van der Waals surface area contributed by atoms with Crippen LogP contribution in [0.2, 0.25) is 0 Å². The Kier molecular flexibility index (Phi) is 9.13. The molecule has 1 amide bonds. The van der Waals surface area contributed by atoms with Crippen molar-refractivity contribution in [3.8, 4) is 0 Å². The second-order valence-electron chi connectivity index (χ2n) is 7.35. The Balaban J connectivity index is 2.60. The predicted octanol–water partition coefficient (Wildman–Crippen LogP) is 2.55. The second kappa shape index (κ2) is 10.8. The molecule has 0 radical (unpaired) electrons. The van der Waals surface area contributed by atoms with Gasteiger partial charge >= 0.3 is 0 Å². The van der Waals surface area contributed by atoms with Crippen molar-refractivity contribution in [3.05, 3.63) is 35.4 Å². The number of guanidine groups is 1. The highest BCUT2D eigenvalue weighted by Gasteiger charge is 2.24. The molecule has 0 bridgehead atoms. The van der Waals surface area contributed by atoms with Crippen LogP contribution in [0.1, 0.15) is 50.0 Å². The van der Waals surface area contributed by atoms with Crippen molar-refractivity contribution in [1.82, 2.24) is 16.0 Å². The maximum atomic E-state index is 12.1. The minimum Gasteiger partial charge on any atom is -0.379 e. The van der Waals surface area contributed by atoms with Crippen LogP contribution in [0.25, 0.3) is 0 Å². The highest BCUT2D eigenvalue weighted by molar-refractivity contribution is 5.94. The lowest BCUT2D eigenvalue weighted by molar-refractivity contribution is 0.0205. The summed E-state index contributed by atoms with van der Waals surface area (Å²) in [5.74, 6) is 0.668. The molecular weight excluding hydrogens is 328 g/mol. The number of hydrogen-bond donors (Lipinski definition) is 3. The fourth-order valence-electron chi connectivity index (χ4n) is 2.50. The molecule has 1 aromatic rings. The maximum Gasteiger partial charge on any atom is 0.251 e. The first-order valence-electron chi connectivity index (χ1n) is 9.16. The average molecular weight is 363 g/mol. The number of hydrogen-bond acceptors (Lipinski definition) is 3. The van der Waals surface area contributed by atoms with Gasteiger partial charge in [0, 0.05) is 39.4 Å². The number of methoxy groups -OCH3 is 1. The van der Waals surface area contributed by atoms with E-state index in [0.29, 0.717) is 31.2 Å². The van der Waals surface area contributed by atoms with Gasteiger partial charge in [0.15, 0.2) is 5.96 Å². The maximum absolute atomic E-state index is 12.1. The van der Waals surface area contributed by atoms with Gasteiger partial charge in [0.05, 0.1) is 6.10 Å². The van der Waals surface area contributed by atoms with E-state index in [1.54, 1.807) is 14.2 Å².